The number of rotatable bonds is 3. The molecule has 0 unspecified atom stereocenters. The molecule has 1 amide bonds. The van der Waals surface area contributed by atoms with Crippen molar-refractivity contribution < 1.29 is 4.79 Å². The molecule has 2 aromatic rings. The van der Waals surface area contributed by atoms with E-state index in [1.54, 1.807) is 26.0 Å². The third-order valence-electron chi connectivity index (χ3n) is 3.25. The van der Waals surface area contributed by atoms with E-state index in [1.807, 2.05) is 6.07 Å². The lowest BCUT2D eigenvalue weighted by molar-refractivity contribution is -0.117. The summed E-state index contributed by atoms with van der Waals surface area (Å²) in [5.41, 5.74) is 0.864. The van der Waals surface area contributed by atoms with Crippen LogP contribution in [0.15, 0.2) is 23.0 Å². The molecule has 0 radical (unpaired) electrons. The molecule has 0 spiro atoms. The number of aryl methyl sites for hydroxylation is 1. The molecule has 0 fully saturated rings. The number of benzene rings is 1. The number of nitriles is 1. The third kappa shape index (κ3) is 3.70. The minimum Gasteiger partial charge on any atom is -0.324 e. The Kier molecular flexibility index (Phi) is 5.04. The van der Waals surface area contributed by atoms with Crippen molar-refractivity contribution in [2.45, 2.75) is 20.4 Å². The molecule has 0 bridgehead atoms. The summed E-state index contributed by atoms with van der Waals surface area (Å²) in [4.78, 5) is 24.2. The van der Waals surface area contributed by atoms with E-state index in [0.29, 0.717) is 27.0 Å². The number of carbonyl (C=O) groups excluding carboxylic acids is 1. The van der Waals surface area contributed by atoms with Gasteiger partial charge < -0.3 is 5.32 Å². The summed E-state index contributed by atoms with van der Waals surface area (Å²) < 4.78 is 0.966. The Balaban J connectivity index is 2.24. The molecule has 0 saturated heterocycles. The number of amides is 1. The van der Waals surface area contributed by atoms with Crippen LogP contribution in [0, 0.1) is 25.2 Å². The summed E-state index contributed by atoms with van der Waals surface area (Å²) in [6.07, 6.45) is 0. The van der Waals surface area contributed by atoms with Gasteiger partial charge in [0.25, 0.3) is 5.56 Å². The van der Waals surface area contributed by atoms with E-state index >= 15 is 0 Å². The van der Waals surface area contributed by atoms with Gasteiger partial charge in [0, 0.05) is 5.69 Å². The van der Waals surface area contributed by atoms with Gasteiger partial charge in [-0.3, -0.25) is 9.59 Å². The molecular formula is C15H12Cl2N4O2. The predicted octanol–water partition coefficient (Wildman–Crippen LogP) is 2.68. The van der Waals surface area contributed by atoms with Crippen LogP contribution < -0.4 is 10.9 Å². The van der Waals surface area contributed by atoms with Gasteiger partial charge in [-0.05, 0) is 37.6 Å². The molecule has 0 atom stereocenters. The van der Waals surface area contributed by atoms with Gasteiger partial charge in [-0.1, -0.05) is 23.2 Å². The highest BCUT2D eigenvalue weighted by atomic mass is 35.5. The number of hydrogen-bond acceptors (Lipinski definition) is 4. The van der Waals surface area contributed by atoms with Crippen molar-refractivity contribution in [1.82, 2.24) is 9.78 Å². The number of nitrogens with one attached hydrogen (secondary N) is 1. The van der Waals surface area contributed by atoms with E-state index in [0.717, 1.165) is 4.68 Å². The van der Waals surface area contributed by atoms with Crippen molar-refractivity contribution in [3.05, 3.63) is 55.4 Å². The summed E-state index contributed by atoms with van der Waals surface area (Å²) in [5, 5.41) is 16.4. The molecule has 1 heterocycles. The lowest BCUT2D eigenvalue weighted by Crippen LogP contribution is -2.32. The number of nitrogens with zero attached hydrogens (tertiary/aromatic N) is 3. The van der Waals surface area contributed by atoms with Crippen LogP contribution in [0.5, 0.6) is 0 Å². The molecule has 1 N–H and O–H groups in total. The Morgan fingerprint density at radius 2 is 2.04 bits per heavy atom. The molecule has 0 aliphatic carbocycles. The van der Waals surface area contributed by atoms with Gasteiger partial charge in [-0.25, -0.2) is 4.68 Å². The van der Waals surface area contributed by atoms with E-state index in [-0.39, 0.29) is 12.1 Å². The van der Waals surface area contributed by atoms with Crippen LogP contribution in [0.3, 0.4) is 0 Å². The first-order valence-corrected chi connectivity index (χ1v) is 7.32. The summed E-state index contributed by atoms with van der Waals surface area (Å²) >= 11 is 11.7. The Morgan fingerprint density at radius 3 is 2.65 bits per heavy atom. The molecule has 8 heteroatoms. The van der Waals surface area contributed by atoms with Crippen LogP contribution in [-0.4, -0.2) is 15.7 Å². The number of anilines is 1. The molecule has 0 saturated carbocycles. The van der Waals surface area contributed by atoms with Crippen molar-refractivity contribution in [2.24, 2.45) is 0 Å². The van der Waals surface area contributed by atoms with Gasteiger partial charge in [-0.2, -0.15) is 10.4 Å². The predicted molar refractivity (Wildman–Crippen MR) is 87.8 cm³/mol. The number of aromatic nitrogens is 2. The van der Waals surface area contributed by atoms with Gasteiger partial charge in [-0.15, -0.1) is 0 Å². The summed E-state index contributed by atoms with van der Waals surface area (Å²) in [7, 11) is 0. The van der Waals surface area contributed by atoms with Crippen molar-refractivity contribution >= 4 is 34.8 Å². The lowest BCUT2D eigenvalue weighted by atomic mass is 10.1. The average Bonchev–Trinajstić information content (AvgIpc) is 2.49. The van der Waals surface area contributed by atoms with Crippen LogP contribution in [0.25, 0.3) is 0 Å². The Labute approximate surface area is 142 Å². The fraction of sp³-hybridized carbons (Fsp3) is 0.200. The van der Waals surface area contributed by atoms with Gasteiger partial charge in [0.2, 0.25) is 5.91 Å². The normalized spacial score (nSPS) is 10.2. The van der Waals surface area contributed by atoms with Crippen LogP contribution in [0.4, 0.5) is 5.69 Å². The fourth-order valence-corrected chi connectivity index (χ4v) is 2.22. The maximum Gasteiger partial charge on any atom is 0.285 e. The molecule has 6 nitrogen and oxygen atoms in total. The quantitative estimate of drug-likeness (QED) is 0.921. The maximum absolute atomic E-state index is 12.1. The van der Waals surface area contributed by atoms with Crippen molar-refractivity contribution in [1.29, 1.82) is 5.26 Å². The van der Waals surface area contributed by atoms with Gasteiger partial charge in [0.15, 0.2) is 0 Å². The number of hydrogen-bond donors (Lipinski definition) is 1. The molecule has 0 aliphatic rings. The first kappa shape index (κ1) is 17.0. The fourth-order valence-electron chi connectivity index (χ4n) is 1.92. The minimum atomic E-state index is -0.597. The number of halogens is 2. The Morgan fingerprint density at radius 1 is 1.35 bits per heavy atom. The summed E-state index contributed by atoms with van der Waals surface area (Å²) in [5.74, 6) is -0.467. The maximum atomic E-state index is 12.1. The van der Waals surface area contributed by atoms with E-state index in [2.05, 4.69) is 10.4 Å². The first-order chi connectivity index (χ1) is 10.8. The zero-order valence-electron chi connectivity index (χ0n) is 12.4. The molecule has 1 aromatic heterocycles. The molecule has 0 aliphatic heterocycles. The first-order valence-electron chi connectivity index (χ1n) is 6.56. The molecule has 1 aromatic carbocycles. The molecule has 23 heavy (non-hydrogen) atoms. The van der Waals surface area contributed by atoms with E-state index in [1.165, 1.54) is 6.07 Å². The summed E-state index contributed by atoms with van der Waals surface area (Å²) in [6, 6.07) is 6.48. The van der Waals surface area contributed by atoms with E-state index in [4.69, 9.17) is 28.5 Å². The van der Waals surface area contributed by atoms with Gasteiger partial charge in [0.1, 0.15) is 18.2 Å². The second-order valence-electron chi connectivity index (χ2n) is 4.84. The Hall–Kier alpha value is -2.36. The third-order valence-corrected chi connectivity index (χ3v) is 3.98. The van der Waals surface area contributed by atoms with Crippen molar-refractivity contribution in [2.75, 3.05) is 5.32 Å². The second-order valence-corrected chi connectivity index (χ2v) is 5.65. The number of carbonyl (C=O) groups is 1. The van der Waals surface area contributed by atoms with Gasteiger partial charge >= 0.3 is 0 Å². The molecule has 2 rings (SSSR count). The largest absolute Gasteiger partial charge is 0.324 e. The summed E-state index contributed by atoms with van der Waals surface area (Å²) in [6.45, 7) is 3.00. The standard InChI is InChI=1S/C15H12Cl2N4O2/c1-8-9(2)20-21(15(23)11(8)6-18)7-14(22)19-10-3-4-12(16)13(17)5-10/h3-5H,7H2,1-2H3,(H,19,22). The Bertz CT molecular complexity index is 884. The van der Waals surface area contributed by atoms with Crippen LogP contribution in [0.1, 0.15) is 16.8 Å². The SMILES string of the molecule is Cc1nn(CC(=O)Nc2ccc(Cl)c(Cl)c2)c(=O)c(C#N)c1C. The van der Waals surface area contributed by atoms with E-state index in [9.17, 15) is 9.59 Å². The second kappa shape index (κ2) is 6.82. The minimum absolute atomic E-state index is 0.0140. The highest BCUT2D eigenvalue weighted by Crippen LogP contribution is 2.24. The van der Waals surface area contributed by atoms with Crippen molar-refractivity contribution in [3.8, 4) is 6.07 Å². The van der Waals surface area contributed by atoms with E-state index < -0.39 is 11.5 Å². The van der Waals surface area contributed by atoms with Crippen LogP contribution >= 0.6 is 23.2 Å². The highest BCUT2D eigenvalue weighted by molar-refractivity contribution is 6.42. The van der Waals surface area contributed by atoms with Crippen LogP contribution in [0.2, 0.25) is 10.0 Å². The zero-order valence-corrected chi connectivity index (χ0v) is 13.9. The monoisotopic (exact) mass is 350 g/mol. The molecular weight excluding hydrogens is 339 g/mol. The smallest absolute Gasteiger partial charge is 0.285 e. The lowest BCUT2D eigenvalue weighted by Gasteiger charge is -2.10. The van der Waals surface area contributed by atoms with Crippen molar-refractivity contribution in [3.63, 3.8) is 0 Å². The zero-order chi connectivity index (χ0) is 17.1. The average molecular weight is 351 g/mol. The topological polar surface area (TPSA) is 87.8 Å². The van der Waals surface area contributed by atoms with Gasteiger partial charge in [0.05, 0.1) is 15.7 Å². The molecule has 118 valence electrons. The van der Waals surface area contributed by atoms with Crippen LogP contribution in [-0.2, 0) is 11.3 Å². The highest BCUT2D eigenvalue weighted by Gasteiger charge is 2.14.